The van der Waals surface area contributed by atoms with Crippen molar-refractivity contribution in [1.29, 1.82) is 0 Å². The molecule has 3 aromatic rings. The number of halogens is 1. The first kappa shape index (κ1) is 15.6. The van der Waals surface area contributed by atoms with Gasteiger partial charge in [-0.15, -0.1) is 0 Å². The summed E-state index contributed by atoms with van der Waals surface area (Å²) in [7, 11) is 0. The minimum absolute atomic E-state index is 0.101. The molecule has 3 heterocycles. The van der Waals surface area contributed by atoms with Crippen molar-refractivity contribution in [3.63, 3.8) is 0 Å². The summed E-state index contributed by atoms with van der Waals surface area (Å²) < 4.78 is 1.44. The molecule has 4 rings (SSSR count). The summed E-state index contributed by atoms with van der Waals surface area (Å²) in [4.78, 5) is 19.4. The number of aromatic nitrogens is 3. The maximum Gasteiger partial charge on any atom is 0.230 e. The predicted octanol–water partition coefficient (Wildman–Crippen LogP) is 2.90. The molecule has 0 amide bonds. The molecule has 1 N–H and O–H groups in total. The van der Waals surface area contributed by atoms with E-state index >= 15 is 0 Å². The molecule has 1 aromatic carbocycles. The van der Waals surface area contributed by atoms with Gasteiger partial charge < -0.3 is 5.11 Å². The fourth-order valence-corrected chi connectivity index (χ4v) is 4.29. The average Bonchev–Trinajstić information content (AvgIpc) is 3.15. The Bertz CT molecular complexity index is 879. The Morgan fingerprint density at radius 1 is 1.21 bits per heavy atom. The highest BCUT2D eigenvalue weighted by Gasteiger charge is 2.31. The molecule has 1 unspecified atom stereocenters. The van der Waals surface area contributed by atoms with Gasteiger partial charge in [-0.2, -0.15) is 9.61 Å². The first-order valence-corrected chi connectivity index (χ1v) is 8.85. The number of rotatable bonds is 3. The van der Waals surface area contributed by atoms with Gasteiger partial charge in [0.25, 0.3) is 0 Å². The number of carbonyl (C=O) groups excluding carboxylic acids is 1. The number of benzene rings is 1. The van der Waals surface area contributed by atoms with E-state index in [0.29, 0.717) is 35.9 Å². The van der Waals surface area contributed by atoms with Crippen LogP contribution in [-0.4, -0.2) is 43.5 Å². The normalized spacial score (nSPS) is 17.5. The van der Waals surface area contributed by atoms with Crippen LogP contribution in [0.15, 0.2) is 30.6 Å². The molecule has 0 saturated carbocycles. The highest BCUT2D eigenvalue weighted by molar-refractivity contribution is 7.17. The third-order valence-electron chi connectivity index (χ3n) is 4.29. The highest BCUT2D eigenvalue weighted by Crippen LogP contribution is 2.40. The van der Waals surface area contributed by atoms with Crippen LogP contribution in [0.2, 0.25) is 5.02 Å². The number of likely N-dealkylation sites (tertiary alicyclic amines) is 1. The van der Waals surface area contributed by atoms with Gasteiger partial charge in [0.2, 0.25) is 10.8 Å². The predicted molar refractivity (Wildman–Crippen MR) is 91.6 cm³/mol. The van der Waals surface area contributed by atoms with Crippen LogP contribution in [0.25, 0.3) is 4.96 Å². The van der Waals surface area contributed by atoms with Gasteiger partial charge in [0.1, 0.15) is 12.1 Å². The quantitative estimate of drug-likeness (QED) is 0.775. The number of fused-ring (bicyclic) bond motifs is 1. The fourth-order valence-electron chi connectivity index (χ4n) is 3.08. The monoisotopic (exact) mass is 362 g/mol. The molecule has 1 aliphatic heterocycles. The van der Waals surface area contributed by atoms with Crippen molar-refractivity contribution >= 4 is 33.7 Å². The standard InChI is InChI=1S/C16H15ClN4O2S/c17-11-3-1-10(2-4-11)13(20-7-5-12(22)6-8-20)14-15(23)21-16(24-14)18-9-19-21/h1-4,9,13,23H,5-8H2. The second kappa shape index (κ2) is 6.16. The second-order valence-corrected chi connectivity index (χ2v) is 7.22. The van der Waals surface area contributed by atoms with Crippen LogP contribution < -0.4 is 0 Å². The largest absolute Gasteiger partial charge is 0.492 e. The maximum atomic E-state index is 11.6. The van der Waals surface area contributed by atoms with Crippen molar-refractivity contribution in [1.82, 2.24) is 19.5 Å². The number of Topliss-reactive ketones (excluding diaryl/α,β-unsaturated/α-hetero) is 1. The van der Waals surface area contributed by atoms with Crippen LogP contribution in [0.5, 0.6) is 5.88 Å². The van der Waals surface area contributed by atoms with Crippen LogP contribution in [0.3, 0.4) is 0 Å². The number of carbonyl (C=O) groups is 1. The lowest BCUT2D eigenvalue weighted by Gasteiger charge is -2.33. The molecular weight excluding hydrogens is 348 g/mol. The third-order valence-corrected chi connectivity index (χ3v) is 5.63. The Kier molecular flexibility index (Phi) is 3.99. The van der Waals surface area contributed by atoms with E-state index in [4.69, 9.17) is 11.6 Å². The Labute approximate surface area is 147 Å². The number of ketones is 1. The van der Waals surface area contributed by atoms with Gasteiger partial charge in [-0.05, 0) is 17.7 Å². The first-order valence-electron chi connectivity index (χ1n) is 7.66. The molecule has 1 fully saturated rings. The summed E-state index contributed by atoms with van der Waals surface area (Å²) in [6.45, 7) is 1.33. The van der Waals surface area contributed by atoms with Crippen LogP contribution in [0.4, 0.5) is 0 Å². The summed E-state index contributed by atoms with van der Waals surface area (Å²) in [6, 6.07) is 7.45. The molecule has 24 heavy (non-hydrogen) atoms. The van der Waals surface area contributed by atoms with E-state index in [2.05, 4.69) is 15.0 Å². The molecule has 2 aromatic heterocycles. The smallest absolute Gasteiger partial charge is 0.230 e. The lowest BCUT2D eigenvalue weighted by atomic mass is 10.00. The molecule has 0 radical (unpaired) electrons. The van der Waals surface area contributed by atoms with Crippen LogP contribution in [0, 0.1) is 0 Å². The van der Waals surface area contributed by atoms with Gasteiger partial charge in [0.05, 0.1) is 10.9 Å². The molecule has 0 aliphatic carbocycles. The molecule has 1 aliphatic rings. The van der Waals surface area contributed by atoms with E-state index in [0.717, 1.165) is 10.4 Å². The van der Waals surface area contributed by atoms with E-state index in [-0.39, 0.29) is 17.7 Å². The molecule has 0 spiro atoms. The van der Waals surface area contributed by atoms with Crippen LogP contribution in [-0.2, 0) is 4.79 Å². The summed E-state index contributed by atoms with van der Waals surface area (Å²) in [5, 5.41) is 15.3. The van der Waals surface area contributed by atoms with Gasteiger partial charge in [-0.25, -0.2) is 4.98 Å². The summed E-state index contributed by atoms with van der Waals surface area (Å²) in [5.74, 6) is 0.386. The zero-order valence-corrected chi connectivity index (χ0v) is 14.3. The lowest BCUT2D eigenvalue weighted by molar-refractivity contribution is -0.121. The Balaban J connectivity index is 1.80. The summed E-state index contributed by atoms with van der Waals surface area (Å²) in [5.41, 5.74) is 1.02. The lowest BCUT2D eigenvalue weighted by Crippen LogP contribution is -2.37. The number of nitrogens with zero attached hydrogens (tertiary/aromatic N) is 4. The molecule has 1 saturated heterocycles. The maximum absolute atomic E-state index is 11.6. The SMILES string of the molecule is O=C1CCN(C(c2ccc(Cl)cc2)c2sc3ncnn3c2O)CC1. The Hall–Kier alpha value is -1.96. The van der Waals surface area contributed by atoms with Crippen molar-refractivity contribution < 1.29 is 9.90 Å². The molecule has 124 valence electrons. The van der Waals surface area contributed by atoms with Crippen LogP contribution in [0.1, 0.15) is 29.3 Å². The highest BCUT2D eigenvalue weighted by atomic mass is 35.5. The Morgan fingerprint density at radius 3 is 2.58 bits per heavy atom. The fraction of sp³-hybridized carbons (Fsp3) is 0.312. The number of hydrogen-bond donors (Lipinski definition) is 1. The minimum atomic E-state index is -0.149. The van der Waals surface area contributed by atoms with Crippen molar-refractivity contribution in [3.8, 4) is 5.88 Å². The van der Waals surface area contributed by atoms with Gasteiger partial charge in [-0.3, -0.25) is 9.69 Å². The van der Waals surface area contributed by atoms with E-state index in [1.807, 2.05) is 24.3 Å². The molecule has 0 bridgehead atoms. The number of hydrogen-bond acceptors (Lipinski definition) is 6. The number of piperidine rings is 1. The minimum Gasteiger partial charge on any atom is -0.492 e. The zero-order chi connectivity index (χ0) is 16.7. The van der Waals surface area contributed by atoms with E-state index in [9.17, 15) is 9.90 Å². The van der Waals surface area contributed by atoms with Crippen molar-refractivity contribution in [2.45, 2.75) is 18.9 Å². The van der Waals surface area contributed by atoms with Crippen LogP contribution >= 0.6 is 22.9 Å². The third kappa shape index (κ3) is 2.68. The second-order valence-electron chi connectivity index (χ2n) is 5.77. The zero-order valence-electron chi connectivity index (χ0n) is 12.7. The molecule has 6 nitrogen and oxygen atoms in total. The van der Waals surface area contributed by atoms with Gasteiger partial charge in [0.15, 0.2) is 0 Å². The van der Waals surface area contributed by atoms with Gasteiger partial charge >= 0.3 is 0 Å². The van der Waals surface area contributed by atoms with Crippen molar-refractivity contribution in [3.05, 3.63) is 46.1 Å². The van der Waals surface area contributed by atoms with Crippen molar-refractivity contribution in [2.75, 3.05) is 13.1 Å². The molecule has 1 atom stereocenters. The first-order chi connectivity index (χ1) is 11.6. The number of thiazole rings is 1. The topological polar surface area (TPSA) is 70.7 Å². The van der Waals surface area contributed by atoms with E-state index in [1.165, 1.54) is 22.2 Å². The summed E-state index contributed by atoms with van der Waals surface area (Å²) >= 11 is 7.43. The molecular formula is C16H15ClN4O2S. The average molecular weight is 363 g/mol. The summed E-state index contributed by atoms with van der Waals surface area (Å²) in [6.07, 6.45) is 2.49. The molecule has 8 heteroatoms. The van der Waals surface area contributed by atoms with Gasteiger partial charge in [-0.1, -0.05) is 35.1 Å². The Morgan fingerprint density at radius 2 is 1.92 bits per heavy atom. The van der Waals surface area contributed by atoms with E-state index in [1.54, 1.807) is 0 Å². The van der Waals surface area contributed by atoms with Crippen molar-refractivity contribution in [2.24, 2.45) is 0 Å². The number of aromatic hydroxyl groups is 1. The van der Waals surface area contributed by atoms with E-state index < -0.39 is 0 Å². The van der Waals surface area contributed by atoms with Gasteiger partial charge in [0, 0.05) is 31.0 Å².